The van der Waals surface area contributed by atoms with Crippen molar-refractivity contribution in [2.45, 2.75) is 25.4 Å². The van der Waals surface area contributed by atoms with Gasteiger partial charge in [0.1, 0.15) is 0 Å². The molecule has 0 saturated heterocycles. The summed E-state index contributed by atoms with van der Waals surface area (Å²) in [6.45, 7) is 0.748. The molecule has 0 saturated carbocycles. The molecule has 0 heterocycles. The van der Waals surface area contributed by atoms with Crippen LogP contribution in [0.4, 0.5) is 4.79 Å². The highest BCUT2D eigenvalue weighted by Crippen LogP contribution is 1.97. The van der Waals surface area contributed by atoms with E-state index < -0.39 is 12.1 Å². The molecule has 0 aliphatic heterocycles. The van der Waals surface area contributed by atoms with Gasteiger partial charge in [0.05, 0.1) is 0 Å². The van der Waals surface area contributed by atoms with Crippen LogP contribution in [0.3, 0.4) is 0 Å². The van der Waals surface area contributed by atoms with Crippen molar-refractivity contribution in [2.24, 2.45) is 0 Å². The van der Waals surface area contributed by atoms with Gasteiger partial charge in [-0.1, -0.05) is 0 Å². The van der Waals surface area contributed by atoms with Gasteiger partial charge in [0, 0.05) is 19.5 Å². The third-order valence-corrected chi connectivity index (χ3v) is 2.75. The van der Waals surface area contributed by atoms with Crippen LogP contribution in [-0.2, 0) is 4.79 Å². The van der Waals surface area contributed by atoms with Crippen LogP contribution in [0.25, 0.3) is 0 Å². The normalized spacial score (nSPS) is 11.9. The smallest absolute Gasteiger partial charge is 0.332 e. The molecule has 0 radical (unpaired) electrons. The van der Waals surface area contributed by atoms with Gasteiger partial charge in [-0.2, -0.15) is 11.8 Å². The number of aliphatic hydroxyl groups is 1. The first-order chi connectivity index (χ1) is 8.07. The number of hydrogen-bond donors (Lipinski definition) is 4. The highest BCUT2D eigenvalue weighted by atomic mass is 32.2. The second kappa shape index (κ2) is 10.2. The van der Waals surface area contributed by atoms with Gasteiger partial charge in [0.2, 0.25) is 0 Å². The maximum Gasteiger partial charge on any atom is 0.332 e. The van der Waals surface area contributed by atoms with Gasteiger partial charge in [-0.3, -0.25) is 0 Å². The predicted molar refractivity (Wildman–Crippen MR) is 67.3 cm³/mol. The Bertz CT molecular complexity index is 238. The number of thioether (sulfide) groups is 1. The van der Waals surface area contributed by atoms with Crippen LogP contribution in [0.5, 0.6) is 0 Å². The van der Waals surface area contributed by atoms with Crippen LogP contribution in [0.2, 0.25) is 0 Å². The van der Waals surface area contributed by atoms with Crippen LogP contribution in [-0.4, -0.2) is 53.4 Å². The summed E-state index contributed by atoms with van der Waals surface area (Å²) in [4.78, 5) is 21.4. The third-order valence-electron chi connectivity index (χ3n) is 2.05. The first-order valence-electron chi connectivity index (χ1n) is 5.49. The van der Waals surface area contributed by atoms with Crippen molar-refractivity contribution in [1.82, 2.24) is 10.6 Å². The average Bonchev–Trinajstić information content (AvgIpc) is 2.28. The zero-order valence-corrected chi connectivity index (χ0v) is 10.8. The summed E-state index contributed by atoms with van der Waals surface area (Å²) in [7, 11) is 0. The van der Waals surface area contributed by atoms with E-state index in [2.05, 4.69) is 10.6 Å². The summed E-state index contributed by atoms with van der Waals surface area (Å²) in [5.74, 6) is -0.196. The van der Waals surface area contributed by atoms with Crippen molar-refractivity contribution in [1.29, 1.82) is 0 Å². The van der Waals surface area contributed by atoms with Crippen LogP contribution in [0.1, 0.15) is 19.3 Å². The molecular weight excluding hydrogens is 244 g/mol. The molecule has 0 aliphatic rings. The number of amides is 2. The molecule has 1 atom stereocenters. The van der Waals surface area contributed by atoms with Gasteiger partial charge in [-0.15, -0.1) is 0 Å². The molecule has 4 N–H and O–H groups in total. The molecule has 0 aromatic rings. The number of rotatable bonds is 9. The van der Waals surface area contributed by atoms with E-state index >= 15 is 0 Å². The Hall–Kier alpha value is -0.950. The molecule has 0 bridgehead atoms. The summed E-state index contributed by atoms with van der Waals surface area (Å²) in [6.07, 6.45) is 2.60. The van der Waals surface area contributed by atoms with E-state index in [4.69, 9.17) is 10.2 Å². The molecule has 0 aromatic carbocycles. The molecule has 0 spiro atoms. The second-order valence-electron chi connectivity index (χ2n) is 3.53. The van der Waals surface area contributed by atoms with Crippen LogP contribution in [0, 0.1) is 0 Å². The predicted octanol–water partition coefficient (Wildman–Crippen LogP) is 0.264. The minimum atomic E-state index is -1.42. The van der Waals surface area contributed by atoms with E-state index in [1.807, 2.05) is 6.26 Å². The number of carboxylic acids is 1. The lowest BCUT2D eigenvalue weighted by atomic mass is 10.2. The Kier molecular flexibility index (Phi) is 9.65. The molecule has 100 valence electrons. The van der Waals surface area contributed by atoms with E-state index in [9.17, 15) is 9.59 Å². The van der Waals surface area contributed by atoms with Gasteiger partial charge in [0.25, 0.3) is 0 Å². The zero-order valence-electron chi connectivity index (χ0n) is 9.94. The Morgan fingerprint density at radius 1 is 1.24 bits per heavy atom. The average molecular weight is 264 g/mol. The van der Waals surface area contributed by atoms with E-state index in [0.717, 1.165) is 18.6 Å². The lowest BCUT2D eigenvalue weighted by Gasteiger charge is -2.08. The number of urea groups is 1. The van der Waals surface area contributed by atoms with E-state index in [1.165, 1.54) is 0 Å². The maximum absolute atomic E-state index is 11.2. The number of carboxylic acid groups (broad SMARTS) is 1. The number of aliphatic carboxylic acids is 1. The molecule has 6 nitrogen and oxygen atoms in total. The first kappa shape index (κ1) is 16.1. The van der Waals surface area contributed by atoms with Crippen LogP contribution in [0.15, 0.2) is 0 Å². The van der Waals surface area contributed by atoms with Crippen molar-refractivity contribution < 1.29 is 19.8 Å². The van der Waals surface area contributed by atoms with E-state index in [1.54, 1.807) is 11.8 Å². The number of carbonyl (C=O) groups excluding carboxylic acids is 1. The fourth-order valence-electron chi connectivity index (χ4n) is 1.08. The lowest BCUT2D eigenvalue weighted by Crippen LogP contribution is -2.38. The number of carbonyl (C=O) groups is 2. The minimum absolute atomic E-state index is 0.00915. The van der Waals surface area contributed by atoms with E-state index in [-0.39, 0.29) is 19.0 Å². The molecule has 1 unspecified atom stereocenters. The SMILES string of the molecule is CSCCCCNC(=O)NCCC(O)C(=O)O. The number of aliphatic hydroxyl groups excluding tert-OH is 1. The lowest BCUT2D eigenvalue weighted by molar-refractivity contribution is -0.146. The molecule has 17 heavy (non-hydrogen) atoms. The Morgan fingerprint density at radius 3 is 2.47 bits per heavy atom. The van der Waals surface area contributed by atoms with Crippen LogP contribution < -0.4 is 10.6 Å². The maximum atomic E-state index is 11.2. The van der Waals surface area contributed by atoms with Crippen LogP contribution >= 0.6 is 11.8 Å². The summed E-state index contributed by atoms with van der Waals surface area (Å²) in [5.41, 5.74) is 0. The Labute approximate surface area is 105 Å². The Morgan fingerprint density at radius 2 is 1.88 bits per heavy atom. The molecule has 0 rings (SSSR count). The van der Waals surface area contributed by atoms with Gasteiger partial charge in [0.15, 0.2) is 6.10 Å². The summed E-state index contributed by atoms with van der Waals surface area (Å²) in [6, 6.07) is -0.327. The molecule has 0 aromatic heterocycles. The molecule has 2 amide bonds. The van der Waals surface area contributed by atoms with Crippen molar-refractivity contribution in [3.63, 3.8) is 0 Å². The molecular formula is C10H20N2O4S. The number of unbranched alkanes of at least 4 members (excludes halogenated alkanes) is 1. The zero-order chi connectivity index (χ0) is 13.1. The minimum Gasteiger partial charge on any atom is -0.479 e. The number of nitrogens with one attached hydrogen (secondary N) is 2. The highest BCUT2D eigenvalue weighted by molar-refractivity contribution is 7.98. The summed E-state index contributed by atoms with van der Waals surface area (Å²) < 4.78 is 0. The van der Waals surface area contributed by atoms with Gasteiger partial charge in [-0.05, 0) is 24.9 Å². The van der Waals surface area contributed by atoms with Crippen molar-refractivity contribution in [3.05, 3.63) is 0 Å². The Balaban J connectivity index is 3.38. The quantitative estimate of drug-likeness (QED) is 0.448. The van der Waals surface area contributed by atoms with Gasteiger partial charge < -0.3 is 20.8 Å². The van der Waals surface area contributed by atoms with Crippen molar-refractivity contribution in [2.75, 3.05) is 25.1 Å². The van der Waals surface area contributed by atoms with E-state index in [0.29, 0.717) is 6.54 Å². The molecule has 7 heteroatoms. The second-order valence-corrected chi connectivity index (χ2v) is 4.51. The fourth-order valence-corrected chi connectivity index (χ4v) is 1.57. The monoisotopic (exact) mass is 264 g/mol. The number of hydrogen-bond acceptors (Lipinski definition) is 4. The summed E-state index contributed by atoms with van der Waals surface area (Å²) >= 11 is 1.77. The van der Waals surface area contributed by atoms with Crippen molar-refractivity contribution in [3.8, 4) is 0 Å². The first-order valence-corrected chi connectivity index (χ1v) is 6.88. The largest absolute Gasteiger partial charge is 0.479 e. The summed E-state index contributed by atoms with van der Waals surface area (Å²) in [5, 5.41) is 22.5. The van der Waals surface area contributed by atoms with Gasteiger partial charge in [-0.25, -0.2) is 9.59 Å². The molecule has 0 fully saturated rings. The highest BCUT2D eigenvalue weighted by Gasteiger charge is 2.12. The van der Waals surface area contributed by atoms with Crippen molar-refractivity contribution >= 4 is 23.8 Å². The third kappa shape index (κ3) is 9.95. The van der Waals surface area contributed by atoms with Gasteiger partial charge >= 0.3 is 12.0 Å². The topological polar surface area (TPSA) is 98.7 Å². The standard InChI is InChI=1S/C10H20N2O4S/c1-17-7-3-2-5-11-10(16)12-6-4-8(13)9(14)15/h8,13H,2-7H2,1H3,(H,14,15)(H2,11,12,16). The molecule has 0 aliphatic carbocycles. The fraction of sp³-hybridized carbons (Fsp3) is 0.800.